The van der Waals surface area contributed by atoms with Crippen molar-refractivity contribution in [1.82, 2.24) is 9.38 Å². The molecule has 0 atom stereocenters. The Morgan fingerprint density at radius 1 is 1.00 bits per heavy atom. The summed E-state index contributed by atoms with van der Waals surface area (Å²) in [7, 11) is 0. The number of hydrogen-bond acceptors (Lipinski definition) is 2. The minimum Gasteiger partial charge on any atom is -0.320 e. The zero-order chi connectivity index (χ0) is 15.8. The van der Waals surface area contributed by atoms with E-state index in [4.69, 9.17) is 0 Å². The second-order valence-electron chi connectivity index (χ2n) is 5.22. The van der Waals surface area contributed by atoms with Gasteiger partial charge in [0.1, 0.15) is 17.2 Å². The van der Waals surface area contributed by atoms with Gasteiger partial charge in [-0.3, -0.25) is 4.79 Å². The SMILES string of the molecule is O=C(Nc1cccc2ccccc12)c1cn2cc(F)ccc2n1. The summed E-state index contributed by atoms with van der Waals surface area (Å²) in [5, 5.41) is 4.87. The Bertz CT molecular complexity index is 1030. The van der Waals surface area contributed by atoms with Gasteiger partial charge in [0.25, 0.3) is 5.91 Å². The molecule has 0 aliphatic rings. The third-order valence-electron chi connectivity index (χ3n) is 3.69. The fourth-order valence-electron chi connectivity index (χ4n) is 2.59. The fraction of sp³-hybridized carbons (Fsp3) is 0. The number of pyridine rings is 1. The molecule has 0 saturated carbocycles. The molecule has 5 heteroatoms. The highest BCUT2D eigenvalue weighted by Crippen LogP contribution is 2.23. The number of fused-ring (bicyclic) bond motifs is 2. The first-order valence-corrected chi connectivity index (χ1v) is 7.14. The number of anilines is 1. The molecule has 4 rings (SSSR count). The van der Waals surface area contributed by atoms with Crippen LogP contribution in [0.2, 0.25) is 0 Å². The van der Waals surface area contributed by atoms with Crippen molar-refractivity contribution in [3.8, 4) is 0 Å². The van der Waals surface area contributed by atoms with E-state index in [2.05, 4.69) is 10.3 Å². The number of amides is 1. The molecule has 0 saturated heterocycles. The van der Waals surface area contributed by atoms with Crippen LogP contribution < -0.4 is 5.32 Å². The molecular weight excluding hydrogens is 293 g/mol. The summed E-state index contributed by atoms with van der Waals surface area (Å²) in [5.74, 6) is -0.707. The van der Waals surface area contributed by atoms with Crippen molar-refractivity contribution in [2.75, 3.05) is 5.32 Å². The number of imidazole rings is 1. The predicted molar refractivity (Wildman–Crippen MR) is 87.1 cm³/mol. The molecule has 1 N–H and O–H groups in total. The Hall–Kier alpha value is -3.21. The van der Waals surface area contributed by atoms with Crippen LogP contribution in [0.3, 0.4) is 0 Å². The molecule has 2 aromatic heterocycles. The van der Waals surface area contributed by atoms with E-state index in [9.17, 15) is 9.18 Å². The zero-order valence-electron chi connectivity index (χ0n) is 12.0. The van der Waals surface area contributed by atoms with Gasteiger partial charge in [0, 0.05) is 23.5 Å². The Labute approximate surface area is 131 Å². The minimum atomic E-state index is -0.379. The van der Waals surface area contributed by atoms with Crippen LogP contribution in [0.1, 0.15) is 10.5 Å². The van der Waals surface area contributed by atoms with E-state index >= 15 is 0 Å². The van der Waals surface area contributed by atoms with Gasteiger partial charge in [-0.1, -0.05) is 36.4 Å². The molecule has 0 aliphatic heterocycles. The molecule has 0 unspecified atom stereocenters. The Morgan fingerprint density at radius 3 is 2.74 bits per heavy atom. The van der Waals surface area contributed by atoms with Gasteiger partial charge in [0.15, 0.2) is 0 Å². The third-order valence-corrected chi connectivity index (χ3v) is 3.69. The molecule has 4 aromatic rings. The highest BCUT2D eigenvalue weighted by Gasteiger charge is 2.12. The van der Waals surface area contributed by atoms with Gasteiger partial charge in [-0.25, -0.2) is 9.37 Å². The molecule has 1 amide bonds. The van der Waals surface area contributed by atoms with Gasteiger partial charge in [-0.2, -0.15) is 0 Å². The van der Waals surface area contributed by atoms with Crippen molar-refractivity contribution in [2.24, 2.45) is 0 Å². The van der Waals surface area contributed by atoms with Crippen LogP contribution >= 0.6 is 0 Å². The Morgan fingerprint density at radius 2 is 1.83 bits per heavy atom. The molecule has 0 bridgehead atoms. The molecule has 2 aromatic carbocycles. The number of halogens is 1. The lowest BCUT2D eigenvalue weighted by Crippen LogP contribution is -2.12. The highest BCUT2D eigenvalue weighted by atomic mass is 19.1. The molecule has 2 heterocycles. The van der Waals surface area contributed by atoms with Gasteiger partial charge in [0.05, 0.1) is 0 Å². The van der Waals surface area contributed by atoms with Crippen molar-refractivity contribution in [2.45, 2.75) is 0 Å². The van der Waals surface area contributed by atoms with Gasteiger partial charge >= 0.3 is 0 Å². The average molecular weight is 305 g/mol. The minimum absolute atomic E-state index is 0.239. The van der Waals surface area contributed by atoms with E-state index < -0.39 is 0 Å². The smallest absolute Gasteiger partial charge is 0.275 e. The lowest BCUT2D eigenvalue weighted by atomic mass is 10.1. The Kier molecular flexibility index (Phi) is 3.05. The summed E-state index contributed by atoms with van der Waals surface area (Å²) >= 11 is 0. The number of hydrogen-bond donors (Lipinski definition) is 1. The topological polar surface area (TPSA) is 46.4 Å². The lowest BCUT2D eigenvalue weighted by Gasteiger charge is -2.07. The number of carbonyl (C=O) groups excluding carboxylic acids is 1. The second-order valence-corrected chi connectivity index (χ2v) is 5.22. The summed E-state index contributed by atoms with van der Waals surface area (Å²) in [6.07, 6.45) is 2.80. The van der Waals surface area contributed by atoms with Crippen LogP contribution in [0.4, 0.5) is 10.1 Å². The molecule has 4 nitrogen and oxygen atoms in total. The molecule has 0 aliphatic carbocycles. The van der Waals surface area contributed by atoms with E-state index in [1.807, 2.05) is 42.5 Å². The van der Waals surface area contributed by atoms with Crippen LogP contribution in [0, 0.1) is 5.82 Å². The normalized spacial score (nSPS) is 11.0. The second kappa shape index (κ2) is 5.21. The van der Waals surface area contributed by atoms with Crippen molar-refractivity contribution in [3.63, 3.8) is 0 Å². The highest BCUT2D eigenvalue weighted by molar-refractivity contribution is 6.08. The Balaban J connectivity index is 1.70. The molecule has 0 fully saturated rings. The summed E-state index contributed by atoms with van der Waals surface area (Å²) in [5.41, 5.74) is 1.48. The maximum absolute atomic E-state index is 13.2. The third kappa shape index (κ3) is 2.42. The zero-order valence-corrected chi connectivity index (χ0v) is 12.0. The quantitative estimate of drug-likeness (QED) is 0.611. The first-order chi connectivity index (χ1) is 11.2. The number of nitrogens with zero attached hydrogens (tertiary/aromatic N) is 2. The number of aromatic nitrogens is 2. The number of benzene rings is 2. The van der Waals surface area contributed by atoms with Crippen LogP contribution in [0.25, 0.3) is 16.4 Å². The standard InChI is InChI=1S/C18H12FN3O/c19-13-8-9-17-20-16(11-22(17)10-13)18(23)21-15-7-3-5-12-4-1-2-6-14(12)15/h1-11H,(H,21,23). The van der Waals surface area contributed by atoms with E-state index in [0.29, 0.717) is 5.65 Å². The van der Waals surface area contributed by atoms with Crippen molar-refractivity contribution in [3.05, 3.63) is 78.5 Å². The molecule has 23 heavy (non-hydrogen) atoms. The van der Waals surface area contributed by atoms with Crippen LogP contribution in [-0.2, 0) is 0 Å². The van der Waals surface area contributed by atoms with E-state index in [1.165, 1.54) is 28.9 Å². The van der Waals surface area contributed by atoms with Crippen LogP contribution in [0.5, 0.6) is 0 Å². The first kappa shape index (κ1) is 13.5. The molecule has 0 radical (unpaired) electrons. The lowest BCUT2D eigenvalue weighted by molar-refractivity contribution is 0.102. The summed E-state index contributed by atoms with van der Waals surface area (Å²) in [4.78, 5) is 16.6. The van der Waals surface area contributed by atoms with Gasteiger partial charge < -0.3 is 9.72 Å². The van der Waals surface area contributed by atoms with E-state index in [-0.39, 0.29) is 17.4 Å². The number of carbonyl (C=O) groups is 1. The monoisotopic (exact) mass is 305 g/mol. The summed E-state index contributed by atoms with van der Waals surface area (Å²) in [6.45, 7) is 0. The van der Waals surface area contributed by atoms with Gasteiger partial charge in [-0.05, 0) is 23.6 Å². The van der Waals surface area contributed by atoms with Crippen molar-refractivity contribution >= 4 is 28.0 Å². The van der Waals surface area contributed by atoms with Crippen LogP contribution in [-0.4, -0.2) is 15.3 Å². The summed E-state index contributed by atoms with van der Waals surface area (Å²) < 4.78 is 14.7. The van der Waals surface area contributed by atoms with Crippen molar-refractivity contribution < 1.29 is 9.18 Å². The molecule has 0 spiro atoms. The van der Waals surface area contributed by atoms with Gasteiger partial charge in [0.2, 0.25) is 0 Å². The van der Waals surface area contributed by atoms with Crippen LogP contribution in [0.15, 0.2) is 67.0 Å². The van der Waals surface area contributed by atoms with Gasteiger partial charge in [-0.15, -0.1) is 0 Å². The molecule has 112 valence electrons. The number of rotatable bonds is 2. The first-order valence-electron chi connectivity index (χ1n) is 7.14. The largest absolute Gasteiger partial charge is 0.320 e. The van der Waals surface area contributed by atoms with E-state index in [1.54, 1.807) is 0 Å². The van der Waals surface area contributed by atoms with E-state index in [0.717, 1.165) is 16.5 Å². The maximum Gasteiger partial charge on any atom is 0.275 e. The van der Waals surface area contributed by atoms with Crippen molar-refractivity contribution in [1.29, 1.82) is 0 Å². The average Bonchev–Trinajstić information content (AvgIpc) is 2.98. The fourth-order valence-corrected chi connectivity index (χ4v) is 2.59. The summed E-state index contributed by atoms with van der Waals surface area (Å²) in [6, 6.07) is 16.4. The number of nitrogens with one attached hydrogen (secondary N) is 1. The predicted octanol–water partition coefficient (Wildman–Crippen LogP) is 3.88. The maximum atomic E-state index is 13.2. The molecular formula is C18H12FN3O.